The van der Waals surface area contributed by atoms with Crippen LogP contribution >= 0.6 is 0 Å². The molecule has 288 valence electrons. The Morgan fingerprint density at radius 1 is 0.865 bits per heavy atom. The zero-order valence-corrected chi connectivity index (χ0v) is 31.7. The first kappa shape index (κ1) is 42.2. The van der Waals surface area contributed by atoms with Gasteiger partial charge in [0.05, 0.1) is 6.04 Å². The number of rotatable bonds is 15. The zero-order chi connectivity index (χ0) is 38.4. The van der Waals surface area contributed by atoms with Gasteiger partial charge in [0.25, 0.3) is 0 Å². The van der Waals surface area contributed by atoms with Gasteiger partial charge in [-0.15, -0.1) is 0 Å². The lowest BCUT2D eigenvalue weighted by Gasteiger charge is -2.30. The van der Waals surface area contributed by atoms with Crippen LogP contribution in [0.15, 0.2) is 36.4 Å². The number of carbonyl (C=O) groups is 4. The molecule has 0 spiro atoms. The molecule has 1 unspecified atom stereocenters. The van der Waals surface area contributed by atoms with Crippen LogP contribution in [0.25, 0.3) is 11.1 Å². The summed E-state index contributed by atoms with van der Waals surface area (Å²) in [6.07, 6.45) is 1.88. The van der Waals surface area contributed by atoms with E-state index in [9.17, 15) is 29.4 Å². The number of nitrogens with one attached hydrogen (secondary N) is 6. The molecule has 0 saturated carbocycles. The Labute approximate surface area is 307 Å². The summed E-state index contributed by atoms with van der Waals surface area (Å²) in [5.74, 6) is -1.70. The van der Waals surface area contributed by atoms with E-state index in [4.69, 9.17) is 4.74 Å². The first-order valence-electron chi connectivity index (χ1n) is 18.1. The van der Waals surface area contributed by atoms with Gasteiger partial charge in [0.1, 0.15) is 35.2 Å². The number of esters is 1. The SMILES string of the molecule is CNCCC[C@@H]1NC(=O)[C@@H](NC)Cc2cc(ccc2O)-c2ccc(O)c(c2)C[C@@H](C(=O)N(CCCC(NC)C(=O)OC(C)(C)C)CCNC)NC1=O. The lowest BCUT2D eigenvalue weighted by Crippen LogP contribution is -2.57. The normalized spacial score (nSPS) is 18.7. The molecule has 52 heavy (non-hydrogen) atoms. The number of fused-ring (bicyclic) bond motifs is 5. The molecule has 0 radical (unpaired) electrons. The Morgan fingerprint density at radius 3 is 2.04 bits per heavy atom. The molecule has 0 aliphatic carbocycles. The maximum absolute atomic E-state index is 14.5. The van der Waals surface area contributed by atoms with E-state index in [1.54, 1.807) is 69.5 Å². The van der Waals surface area contributed by atoms with Crippen molar-refractivity contribution >= 4 is 23.7 Å². The van der Waals surface area contributed by atoms with Gasteiger partial charge in [-0.05, 0) is 128 Å². The Morgan fingerprint density at radius 2 is 1.48 bits per heavy atom. The van der Waals surface area contributed by atoms with E-state index in [0.717, 1.165) is 11.1 Å². The van der Waals surface area contributed by atoms with E-state index in [2.05, 4.69) is 31.9 Å². The molecule has 4 bridgehead atoms. The van der Waals surface area contributed by atoms with Crippen LogP contribution in [0.4, 0.5) is 0 Å². The molecule has 0 saturated heterocycles. The molecule has 14 heteroatoms. The van der Waals surface area contributed by atoms with Gasteiger partial charge in [-0.25, -0.2) is 0 Å². The molecular formula is C38H59N7O7. The number of benzene rings is 2. The number of nitrogens with zero attached hydrogens (tertiary/aromatic N) is 1. The number of hydrogen-bond acceptors (Lipinski definition) is 11. The Kier molecular flexibility index (Phi) is 16.3. The van der Waals surface area contributed by atoms with Crippen LogP contribution in [-0.4, -0.2) is 123 Å². The topological polar surface area (TPSA) is 193 Å². The Hall–Kier alpha value is -4.24. The van der Waals surface area contributed by atoms with E-state index >= 15 is 0 Å². The number of ether oxygens (including phenoxy) is 1. The van der Waals surface area contributed by atoms with Gasteiger partial charge in [-0.2, -0.15) is 0 Å². The summed E-state index contributed by atoms with van der Waals surface area (Å²) in [7, 11) is 6.91. The average molecular weight is 726 g/mol. The van der Waals surface area contributed by atoms with Crippen LogP contribution in [0.5, 0.6) is 11.5 Å². The second-order valence-electron chi connectivity index (χ2n) is 14.3. The first-order chi connectivity index (χ1) is 24.7. The molecular weight excluding hydrogens is 666 g/mol. The predicted molar refractivity (Wildman–Crippen MR) is 201 cm³/mol. The average Bonchev–Trinajstić information content (AvgIpc) is 3.09. The largest absolute Gasteiger partial charge is 0.508 e. The third kappa shape index (κ3) is 12.5. The van der Waals surface area contributed by atoms with Gasteiger partial charge >= 0.3 is 5.97 Å². The second kappa shape index (κ2) is 20.1. The van der Waals surface area contributed by atoms with Crippen LogP contribution in [-0.2, 0) is 36.8 Å². The maximum Gasteiger partial charge on any atom is 0.323 e. The zero-order valence-electron chi connectivity index (χ0n) is 31.7. The molecule has 8 N–H and O–H groups in total. The van der Waals surface area contributed by atoms with Crippen molar-refractivity contribution in [3.8, 4) is 22.6 Å². The fourth-order valence-corrected chi connectivity index (χ4v) is 6.16. The Balaban J connectivity index is 2.03. The van der Waals surface area contributed by atoms with Gasteiger partial charge in [0.2, 0.25) is 17.7 Å². The summed E-state index contributed by atoms with van der Waals surface area (Å²) in [6, 6.07) is 6.79. The van der Waals surface area contributed by atoms with Crippen molar-refractivity contribution < 1.29 is 34.1 Å². The summed E-state index contributed by atoms with van der Waals surface area (Å²) < 4.78 is 5.56. The van der Waals surface area contributed by atoms with Crippen molar-refractivity contribution in [3.63, 3.8) is 0 Å². The highest BCUT2D eigenvalue weighted by molar-refractivity contribution is 5.93. The van der Waals surface area contributed by atoms with Crippen molar-refractivity contribution in [1.29, 1.82) is 0 Å². The molecule has 0 fully saturated rings. The molecule has 3 amide bonds. The maximum atomic E-state index is 14.5. The minimum absolute atomic E-state index is 0.0292. The van der Waals surface area contributed by atoms with E-state index in [0.29, 0.717) is 63.0 Å². The predicted octanol–water partition coefficient (Wildman–Crippen LogP) is 1.18. The summed E-state index contributed by atoms with van der Waals surface area (Å²) in [5.41, 5.74) is 1.81. The minimum atomic E-state index is -1.10. The molecule has 14 nitrogen and oxygen atoms in total. The molecule has 3 rings (SSSR count). The van der Waals surface area contributed by atoms with E-state index < -0.39 is 41.6 Å². The summed E-state index contributed by atoms with van der Waals surface area (Å²) >= 11 is 0. The van der Waals surface area contributed by atoms with Gasteiger partial charge in [0.15, 0.2) is 0 Å². The van der Waals surface area contributed by atoms with Crippen molar-refractivity contribution in [1.82, 2.24) is 36.8 Å². The van der Waals surface area contributed by atoms with Crippen LogP contribution in [0, 0.1) is 0 Å². The van der Waals surface area contributed by atoms with Gasteiger partial charge < -0.3 is 51.8 Å². The molecule has 2 aromatic rings. The number of phenols is 2. The van der Waals surface area contributed by atoms with E-state index in [1.165, 1.54) is 0 Å². The number of amides is 3. The van der Waals surface area contributed by atoms with Crippen molar-refractivity contribution in [2.75, 3.05) is 54.4 Å². The number of likely N-dealkylation sites (N-methyl/N-ethyl adjacent to an activating group) is 3. The minimum Gasteiger partial charge on any atom is -0.508 e. The van der Waals surface area contributed by atoms with Crippen molar-refractivity contribution in [2.24, 2.45) is 0 Å². The molecule has 2 aromatic carbocycles. The Bertz CT molecular complexity index is 1510. The van der Waals surface area contributed by atoms with Crippen LogP contribution in [0.1, 0.15) is 57.6 Å². The highest BCUT2D eigenvalue weighted by Crippen LogP contribution is 2.31. The highest BCUT2D eigenvalue weighted by atomic mass is 16.6. The second-order valence-corrected chi connectivity index (χ2v) is 14.3. The van der Waals surface area contributed by atoms with Gasteiger partial charge in [-0.1, -0.05) is 12.1 Å². The van der Waals surface area contributed by atoms with Crippen LogP contribution in [0.3, 0.4) is 0 Å². The number of phenolic OH excluding ortho intramolecular Hbond substituents is 2. The molecule has 1 aliphatic heterocycles. The van der Waals surface area contributed by atoms with Gasteiger partial charge in [-0.3, -0.25) is 19.2 Å². The smallest absolute Gasteiger partial charge is 0.323 e. The molecule has 0 aromatic heterocycles. The highest BCUT2D eigenvalue weighted by Gasteiger charge is 2.32. The number of hydrogen-bond donors (Lipinski definition) is 8. The number of aromatic hydroxyl groups is 2. The third-order valence-corrected chi connectivity index (χ3v) is 9.08. The van der Waals surface area contributed by atoms with E-state index in [1.807, 2.05) is 20.8 Å². The summed E-state index contributed by atoms with van der Waals surface area (Å²) in [6.45, 7) is 7.13. The monoisotopic (exact) mass is 725 g/mol. The van der Waals surface area contributed by atoms with E-state index in [-0.39, 0.29) is 36.2 Å². The van der Waals surface area contributed by atoms with Crippen LogP contribution < -0.4 is 31.9 Å². The summed E-state index contributed by atoms with van der Waals surface area (Å²) in [5, 5.41) is 39.7. The van der Waals surface area contributed by atoms with Crippen molar-refractivity contribution in [2.45, 2.75) is 89.1 Å². The van der Waals surface area contributed by atoms with Gasteiger partial charge in [0, 0.05) is 32.5 Å². The van der Waals surface area contributed by atoms with Crippen molar-refractivity contribution in [3.05, 3.63) is 47.5 Å². The quantitative estimate of drug-likeness (QED) is 0.0972. The first-order valence-corrected chi connectivity index (χ1v) is 18.1. The molecule has 1 heterocycles. The van der Waals surface area contributed by atoms with Crippen LogP contribution in [0.2, 0.25) is 0 Å². The lowest BCUT2D eigenvalue weighted by molar-refractivity contribution is -0.157. The third-order valence-electron chi connectivity index (χ3n) is 9.08. The fraction of sp³-hybridized carbons (Fsp3) is 0.579. The molecule has 1 aliphatic rings. The standard InChI is InChI=1S/C38H59N7O7/c1-38(2,3)52-37(51)29(41-6)11-9-18-45(19-17-40-5)36(50)31-23-27-21-25(13-15-33(27)47)24-12-14-32(46)26(20-24)22-30(42-7)35(49)43-28(34(48)44-31)10-8-16-39-4/h12-15,20-21,28-31,39-42,46-47H,8-11,16-19,22-23H2,1-7H3,(H,43,49)(H,44,48)/t28-,29?,30-,31-/m0/s1. The fourth-order valence-electron chi connectivity index (χ4n) is 6.16. The molecule has 4 atom stereocenters. The lowest BCUT2D eigenvalue weighted by atomic mass is 9.95. The summed E-state index contributed by atoms with van der Waals surface area (Å²) in [4.78, 5) is 56.6. The number of carbonyl (C=O) groups excluding carboxylic acids is 4.